The van der Waals surface area contributed by atoms with Crippen LogP contribution in [0.5, 0.6) is 0 Å². The molecule has 1 aliphatic rings. The van der Waals surface area contributed by atoms with Crippen LogP contribution < -0.4 is 10.0 Å². The van der Waals surface area contributed by atoms with Crippen molar-refractivity contribution in [2.45, 2.75) is 50.4 Å². The lowest BCUT2D eigenvalue weighted by atomic mass is 10.3. The fourth-order valence-electron chi connectivity index (χ4n) is 1.51. The van der Waals surface area contributed by atoms with Crippen molar-refractivity contribution in [2.75, 3.05) is 18.6 Å². The molecule has 1 saturated carbocycles. The summed E-state index contributed by atoms with van der Waals surface area (Å²) in [5.74, 6) is 0.832. The van der Waals surface area contributed by atoms with Crippen LogP contribution in [-0.2, 0) is 10.0 Å². The maximum absolute atomic E-state index is 12.0. The monoisotopic (exact) mass is 280 g/mol. The van der Waals surface area contributed by atoms with Gasteiger partial charge in [-0.05, 0) is 32.4 Å². The summed E-state index contributed by atoms with van der Waals surface area (Å²) in [6.45, 7) is 4.33. The predicted molar refractivity (Wildman–Crippen MR) is 75.0 cm³/mol. The molecule has 17 heavy (non-hydrogen) atoms. The summed E-state index contributed by atoms with van der Waals surface area (Å²) in [6, 6.07) is 0.610. The summed E-state index contributed by atoms with van der Waals surface area (Å²) in [4.78, 5) is 0. The van der Waals surface area contributed by atoms with Gasteiger partial charge >= 0.3 is 0 Å². The van der Waals surface area contributed by atoms with E-state index in [1.54, 1.807) is 18.7 Å². The van der Waals surface area contributed by atoms with Crippen molar-refractivity contribution in [1.29, 1.82) is 0 Å². The third kappa shape index (κ3) is 5.59. The van der Waals surface area contributed by atoms with Crippen LogP contribution in [0.1, 0.15) is 33.1 Å². The molecule has 0 saturated heterocycles. The molecule has 2 N–H and O–H groups in total. The Kier molecular flexibility index (Phi) is 6.26. The van der Waals surface area contributed by atoms with Gasteiger partial charge in [-0.1, -0.05) is 6.92 Å². The first-order valence-electron chi connectivity index (χ1n) is 6.23. The van der Waals surface area contributed by atoms with Gasteiger partial charge < -0.3 is 5.32 Å². The molecule has 0 bridgehead atoms. The molecule has 0 aromatic carbocycles. The molecule has 1 fully saturated rings. The number of nitrogens with one attached hydrogen (secondary N) is 2. The third-order valence-electron chi connectivity index (χ3n) is 2.99. The Morgan fingerprint density at radius 3 is 2.53 bits per heavy atom. The predicted octanol–water partition coefficient (Wildman–Crippen LogP) is 1.19. The van der Waals surface area contributed by atoms with Gasteiger partial charge in [0.25, 0.3) is 0 Å². The zero-order valence-corrected chi connectivity index (χ0v) is 12.5. The van der Waals surface area contributed by atoms with Gasteiger partial charge in [0.15, 0.2) is 0 Å². The van der Waals surface area contributed by atoms with Crippen molar-refractivity contribution in [3.8, 4) is 0 Å². The van der Waals surface area contributed by atoms with E-state index >= 15 is 0 Å². The quantitative estimate of drug-likeness (QED) is 0.666. The number of rotatable bonds is 9. The molecule has 0 aromatic rings. The number of thioether (sulfide) groups is 1. The molecule has 1 aliphatic carbocycles. The van der Waals surface area contributed by atoms with Crippen molar-refractivity contribution >= 4 is 21.8 Å². The minimum Gasteiger partial charge on any atom is -0.313 e. The van der Waals surface area contributed by atoms with Crippen LogP contribution in [0.2, 0.25) is 0 Å². The molecule has 1 rings (SSSR count). The van der Waals surface area contributed by atoms with Crippen LogP contribution in [0.15, 0.2) is 0 Å². The first-order valence-corrected chi connectivity index (χ1v) is 9.17. The molecular formula is C11H24N2O2S2. The standard InChI is InChI=1S/C11H24N2O2S2/c1-4-10(8-16-3)13-17(14,15)9(2)7-12-11-5-6-11/h9-13H,4-8H2,1-3H3. The van der Waals surface area contributed by atoms with Crippen LogP contribution >= 0.6 is 11.8 Å². The molecule has 6 heteroatoms. The largest absolute Gasteiger partial charge is 0.313 e. The molecule has 0 aromatic heterocycles. The summed E-state index contributed by atoms with van der Waals surface area (Å²) in [5, 5.41) is 2.90. The Bertz CT molecular complexity index is 315. The van der Waals surface area contributed by atoms with Gasteiger partial charge in [0.1, 0.15) is 0 Å². The maximum Gasteiger partial charge on any atom is 0.215 e. The van der Waals surface area contributed by atoms with Crippen molar-refractivity contribution in [1.82, 2.24) is 10.0 Å². The van der Waals surface area contributed by atoms with Gasteiger partial charge in [0.2, 0.25) is 10.0 Å². The molecular weight excluding hydrogens is 256 g/mol. The van der Waals surface area contributed by atoms with E-state index in [2.05, 4.69) is 10.0 Å². The van der Waals surface area contributed by atoms with E-state index in [1.807, 2.05) is 13.2 Å². The molecule has 0 aliphatic heterocycles. The van der Waals surface area contributed by atoms with Gasteiger partial charge in [-0.15, -0.1) is 0 Å². The highest BCUT2D eigenvalue weighted by molar-refractivity contribution is 7.98. The second kappa shape index (κ2) is 6.97. The Balaban J connectivity index is 2.40. The lowest BCUT2D eigenvalue weighted by molar-refractivity contribution is 0.538. The van der Waals surface area contributed by atoms with Crippen molar-refractivity contribution < 1.29 is 8.42 Å². The Hall–Kier alpha value is 0.220. The van der Waals surface area contributed by atoms with E-state index in [1.165, 1.54) is 12.8 Å². The second-order valence-electron chi connectivity index (χ2n) is 4.72. The van der Waals surface area contributed by atoms with Gasteiger partial charge in [-0.25, -0.2) is 13.1 Å². The summed E-state index contributed by atoms with van der Waals surface area (Å²) < 4.78 is 26.9. The van der Waals surface area contributed by atoms with Crippen LogP contribution in [-0.4, -0.2) is 44.3 Å². The fraction of sp³-hybridized carbons (Fsp3) is 1.00. The smallest absolute Gasteiger partial charge is 0.215 e. The Morgan fingerprint density at radius 1 is 1.41 bits per heavy atom. The molecule has 0 radical (unpaired) electrons. The molecule has 0 heterocycles. The highest BCUT2D eigenvalue weighted by Gasteiger charge is 2.27. The van der Waals surface area contributed by atoms with Crippen LogP contribution in [0.4, 0.5) is 0 Å². The Morgan fingerprint density at radius 2 is 2.06 bits per heavy atom. The molecule has 0 spiro atoms. The lowest BCUT2D eigenvalue weighted by Gasteiger charge is -2.20. The van der Waals surface area contributed by atoms with Crippen molar-refractivity contribution in [3.05, 3.63) is 0 Å². The third-order valence-corrected chi connectivity index (χ3v) is 5.62. The van der Waals surface area contributed by atoms with Crippen LogP contribution in [0.25, 0.3) is 0 Å². The zero-order valence-electron chi connectivity index (χ0n) is 10.9. The minimum absolute atomic E-state index is 0.0541. The second-order valence-corrected chi connectivity index (χ2v) is 7.76. The normalized spacial score (nSPS) is 20.2. The van der Waals surface area contributed by atoms with E-state index in [-0.39, 0.29) is 11.3 Å². The van der Waals surface area contributed by atoms with Gasteiger partial charge in [-0.2, -0.15) is 11.8 Å². The average Bonchev–Trinajstić information content (AvgIpc) is 3.08. The van der Waals surface area contributed by atoms with Crippen LogP contribution in [0, 0.1) is 0 Å². The SMILES string of the molecule is CCC(CSC)NS(=O)(=O)C(C)CNC1CC1. The lowest BCUT2D eigenvalue weighted by Crippen LogP contribution is -2.44. The summed E-state index contributed by atoms with van der Waals surface area (Å²) in [6.07, 6.45) is 5.20. The summed E-state index contributed by atoms with van der Waals surface area (Å²) in [7, 11) is -3.19. The van der Waals surface area contributed by atoms with E-state index in [0.717, 1.165) is 12.2 Å². The van der Waals surface area contributed by atoms with Gasteiger partial charge in [0.05, 0.1) is 5.25 Å². The molecule has 2 atom stereocenters. The first-order chi connectivity index (χ1) is 7.99. The molecule has 4 nitrogen and oxygen atoms in total. The van der Waals surface area contributed by atoms with E-state index < -0.39 is 10.0 Å². The number of sulfonamides is 1. The summed E-state index contributed by atoms with van der Waals surface area (Å²) >= 11 is 1.67. The van der Waals surface area contributed by atoms with Gasteiger partial charge in [0, 0.05) is 24.4 Å². The van der Waals surface area contributed by atoms with Gasteiger partial charge in [-0.3, -0.25) is 0 Å². The van der Waals surface area contributed by atoms with Crippen molar-refractivity contribution in [3.63, 3.8) is 0 Å². The highest BCUT2D eigenvalue weighted by atomic mass is 32.2. The summed E-state index contributed by atoms with van der Waals surface area (Å²) in [5.41, 5.74) is 0. The minimum atomic E-state index is -3.19. The van der Waals surface area contributed by atoms with Crippen molar-refractivity contribution in [2.24, 2.45) is 0 Å². The van der Waals surface area contributed by atoms with E-state index in [9.17, 15) is 8.42 Å². The topological polar surface area (TPSA) is 58.2 Å². The number of hydrogen-bond donors (Lipinski definition) is 2. The highest BCUT2D eigenvalue weighted by Crippen LogP contribution is 2.18. The first kappa shape index (κ1) is 15.3. The van der Waals surface area contributed by atoms with Crippen LogP contribution in [0.3, 0.4) is 0 Å². The maximum atomic E-state index is 12.0. The number of hydrogen-bond acceptors (Lipinski definition) is 4. The fourth-order valence-corrected chi connectivity index (χ4v) is 3.60. The molecule has 0 amide bonds. The molecule has 102 valence electrons. The zero-order chi connectivity index (χ0) is 12.9. The average molecular weight is 280 g/mol. The van der Waals surface area contributed by atoms with E-state index in [4.69, 9.17) is 0 Å². The Labute approximate surface area is 109 Å². The molecule has 2 unspecified atom stereocenters. The van der Waals surface area contributed by atoms with E-state index in [0.29, 0.717) is 12.6 Å².